The molecule has 1 heterocycles. The second-order valence-electron chi connectivity index (χ2n) is 3.94. The molecule has 0 amide bonds. The summed E-state index contributed by atoms with van der Waals surface area (Å²) >= 11 is 0. The monoisotopic (exact) mass is 187 g/mol. The second kappa shape index (κ2) is 4.07. The molecule has 0 aliphatic carbocycles. The minimum Gasteiger partial charge on any atom is -0.481 e. The van der Waals surface area contributed by atoms with Crippen LogP contribution in [0.3, 0.4) is 0 Å². The lowest BCUT2D eigenvalue weighted by atomic mass is 9.84. The summed E-state index contributed by atoms with van der Waals surface area (Å²) < 4.78 is 5.15. The predicted molar refractivity (Wildman–Crippen MR) is 48.7 cm³/mol. The Morgan fingerprint density at radius 1 is 1.62 bits per heavy atom. The quantitative estimate of drug-likeness (QED) is 0.693. The van der Waals surface area contributed by atoms with Crippen LogP contribution in [0.15, 0.2) is 0 Å². The molecule has 1 rings (SSSR count). The van der Waals surface area contributed by atoms with E-state index in [-0.39, 0.29) is 0 Å². The van der Waals surface area contributed by atoms with Gasteiger partial charge in [-0.3, -0.25) is 4.79 Å². The van der Waals surface area contributed by atoms with Crippen molar-refractivity contribution in [3.8, 4) is 0 Å². The SMILES string of the molecule is CN(C)CCC1(C(=O)O)CCOC1. The largest absolute Gasteiger partial charge is 0.481 e. The summed E-state index contributed by atoms with van der Waals surface area (Å²) in [4.78, 5) is 13.0. The molecule has 1 N–H and O–H groups in total. The molecule has 1 aliphatic heterocycles. The van der Waals surface area contributed by atoms with Crippen LogP contribution in [0.25, 0.3) is 0 Å². The van der Waals surface area contributed by atoms with Gasteiger partial charge in [0.05, 0.1) is 12.0 Å². The van der Waals surface area contributed by atoms with Crippen molar-refractivity contribution >= 4 is 5.97 Å². The lowest BCUT2D eigenvalue weighted by Crippen LogP contribution is -2.34. The summed E-state index contributed by atoms with van der Waals surface area (Å²) in [7, 11) is 3.90. The van der Waals surface area contributed by atoms with E-state index in [0.717, 1.165) is 6.54 Å². The van der Waals surface area contributed by atoms with E-state index in [9.17, 15) is 4.79 Å². The smallest absolute Gasteiger partial charge is 0.312 e. The first kappa shape index (κ1) is 10.5. The molecule has 1 unspecified atom stereocenters. The van der Waals surface area contributed by atoms with Crippen LogP contribution in [0.1, 0.15) is 12.8 Å². The van der Waals surface area contributed by atoms with Crippen LogP contribution < -0.4 is 0 Å². The van der Waals surface area contributed by atoms with Crippen molar-refractivity contribution in [3.05, 3.63) is 0 Å². The highest BCUT2D eigenvalue weighted by atomic mass is 16.5. The van der Waals surface area contributed by atoms with E-state index in [1.165, 1.54) is 0 Å². The number of aliphatic carboxylic acids is 1. The van der Waals surface area contributed by atoms with Crippen molar-refractivity contribution in [1.82, 2.24) is 4.90 Å². The predicted octanol–water partition coefficient (Wildman–Crippen LogP) is 0.429. The van der Waals surface area contributed by atoms with Crippen LogP contribution in [0.5, 0.6) is 0 Å². The zero-order chi connectivity index (χ0) is 9.90. The van der Waals surface area contributed by atoms with E-state index >= 15 is 0 Å². The molecule has 0 bridgehead atoms. The van der Waals surface area contributed by atoms with Gasteiger partial charge in [-0.2, -0.15) is 0 Å². The van der Waals surface area contributed by atoms with Gasteiger partial charge in [0.2, 0.25) is 0 Å². The van der Waals surface area contributed by atoms with Gasteiger partial charge >= 0.3 is 5.97 Å². The highest BCUT2D eigenvalue weighted by Crippen LogP contribution is 2.32. The standard InChI is InChI=1S/C9H17NO3/c1-10(2)5-3-9(8(11)12)4-6-13-7-9/h3-7H2,1-2H3,(H,11,12). The van der Waals surface area contributed by atoms with Gasteiger partial charge in [0, 0.05) is 6.61 Å². The zero-order valence-electron chi connectivity index (χ0n) is 8.25. The molecular weight excluding hydrogens is 170 g/mol. The Morgan fingerprint density at radius 2 is 2.31 bits per heavy atom. The first-order valence-electron chi connectivity index (χ1n) is 4.53. The van der Waals surface area contributed by atoms with Gasteiger partial charge < -0.3 is 14.7 Å². The van der Waals surface area contributed by atoms with E-state index in [4.69, 9.17) is 9.84 Å². The molecule has 1 aliphatic rings. The maximum atomic E-state index is 11.0. The van der Waals surface area contributed by atoms with E-state index in [1.54, 1.807) is 0 Å². The summed E-state index contributed by atoms with van der Waals surface area (Å²) in [5.74, 6) is -0.716. The van der Waals surface area contributed by atoms with Gasteiger partial charge in [-0.05, 0) is 33.5 Å². The van der Waals surface area contributed by atoms with Crippen LogP contribution in [0.2, 0.25) is 0 Å². The molecule has 4 heteroatoms. The van der Waals surface area contributed by atoms with Gasteiger partial charge in [0.15, 0.2) is 0 Å². The number of hydrogen-bond donors (Lipinski definition) is 1. The molecule has 76 valence electrons. The fourth-order valence-corrected chi connectivity index (χ4v) is 1.52. The number of carboxylic acid groups (broad SMARTS) is 1. The summed E-state index contributed by atoms with van der Waals surface area (Å²) in [5.41, 5.74) is -0.621. The lowest BCUT2D eigenvalue weighted by molar-refractivity contribution is -0.149. The zero-order valence-corrected chi connectivity index (χ0v) is 8.25. The lowest BCUT2D eigenvalue weighted by Gasteiger charge is -2.23. The van der Waals surface area contributed by atoms with Crippen LogP contribution in [-0.4, -0.2) is 49.8 Å². The molecule has 0 aromatic heterocycles. The number of nitrogens with zero attached hydrogens (tertiary/aromatic N) is 1. The summed E-state index contributed by atoms with van der Waals surface area (Å²) in [6.45, 7) is 1.76. The van der Waals surface area contributed by atoms with Crippen molar-refractivity contribution in [2.24, 2.45) is 5.41 Å². The van der Waals surface area contributed by atoms with Gasteiger partial charge in [-0.1, -0.05) is 0 Å². The van der Waals surface area contributed by atoms with Crippen molar-refractivity contribution < 1.29 is 14.6 Å². The molecular formula is C9H17NO3. The third kappa shape index (κ3) is 2.42. The van der Waals surface area contributed by atoms with Crippen molar-refractivity contribution in [2.45, 2.75) is 12.8 Å². The molecule has 1 fully saturated rings. The van der Waals surface area contributed by atoms with Gasteiger partial charge in [-0.15, -0.1) is 0 Å². The Labute approximate surface area is 78.5 Å². The Morgan fingerprint density at radius 3 is 2.69 bits per heavy atom. The van der Waals surface area contributed by atoms with E-state index < -0.39 is 11.4 Å². The van der Waals surface area contributed by atoms with Crippen LogP contribution in [-0.2, 0) is 9.53 Å². The topological polar surface area (TPSA) is 49.8 Å². The maximum Gasteiger partial charge on any atom is 0.312 e. The Bertz CT molecular complexity index is 185. The first-order valence-corrected chi connectivity index (χ1v) is 4.53. The molecule has 1 atom stereocenters. The highest BCUT2D eigenvalue weighted by molar-refractivity contribution is 5.75. The minimum atomic E-state index is -0.716. The Hall–Kier alpha value is -0.610. The van der Waals surface area contributed by atoms with Gasteiger partial charge in [0.25, 0.3) is 0 Å². The average Bonchev–Trinajstić information content (AvgIpc) is 2.50. The number of ether oxygens (including phenoxy) is 1. The highest BCUT2D eigenvalue weighted by Gasteiger charge is 2.41. The maximum absolute atomic E-state index is 11.0. The Balaban J connectivity index is 2.52. The number of carbonyl (C=O) groups is 1. The molecule has 13 heavy (non-hydrogen) atoms. The molecule has 0 aromatic carbocycles. The molecule has 0 saturated carbocycles. The van der Waals surface area contributed by atoms with Crippen LogP contribution >= 0.6 is 0 Å². The first-order chi connectivity index (χ1) is 6.07. The number of carboxylic acids is 1. The fraction of sp³-hybridized carbons (Fsp3) is 0.889. The molecule has 4 nitrogen and oxygen atoms in total. The van der Waals surface area contributed by atoms with Crippen LogP contribution in [0.4, 0.5) is 0 Å². The van der Waals surface area contributed by atoms with Crippen molar-refractivity contribution in [3.63, 3.8) is 0 Å². The molecule has 1 saturated heterocycles. The van der Waals surface area contributed by atoms with E-state index in [1.807, 2.05) is 19.0 Å². The van der Waals surface area contributed by atoms with Crippen molar-refractivity contribution in [1.29, 1.82) is 0 Å². The normalized spacial score (nSPS) is 28.2. The summed E-state index contributed by atoms with van der Waals surface area (Å²) in [6, 6.07) is 0. The Kier molecular flexibility index (Phi) is 3.27. The molecule has 0 aromatic rings. The van der Waals surface area contributed by atoms with E-state index in [2.05, 4.69) is 0 Å². The number of rotatable bonds is 4. The fourth-order valence-electron chi connectivity index (χ4n) is 1.52. The summed E-state index contributed by atoms with van der Waals surface area (Å²) in [6.07, 6.45) is 1.32. The average molecular weight is 187 g/mol. The van der Waals surface area contributed by atoms with Crippen LogP contribution in [0, 0.1) is 5.41 Å². The second-order valence-corrected chi connectivity index (χ2v) is 3.94. The molecule has 0 spiro atoms. The third-order valence-electron chi connectivity index (χ3n) is 2.59. The van der Waals surface area contributed by atoms with Gasteiger partial charge in [0.1, 0.15) is 0 Å². The minimum absolute atomic E-state index is 0.371. The van der Waals surface area contributed by atoms with E-state index in [0.29, 0.717) is 26.1 Å². The molecule has 0 radical (unpaired) electrons. The summed E-state index contributed by atoms with van der Waals surface area (Å²) in [5, 5.41) is 9.08. The number of hydrogen-bond acceptors (Lipinski definition) is 3. The third-order valence-corrected chi connectivity index (χ3v) is 2.59. The van der Waals surface area contributed by atoms with Gasteiger partial charge in [-0.25, -0.2) is 0 Å². The van der Waals surface area contributed by atoms with Crippen molar-refractivity contribution in [2.75, 3.05) is 33.9 Å².